The Hall–Kier alpha value is -0.0800. The summed E-state index contributed by atoms with van der Waals surface area (Å²) in [5.74, 6) is 0.626. The van der Waals surface area contributed by atoms with Crippen molar-refractivity contribution in [2.75, 3.05) is 5.33 Å². The van der Waals surface area contributed by atoms with Gasteiger partial charge in [0, 0.05) is 10.2 Å². The van der Waals surface area contributed by atoms with Crippen molar-refractivity contribution in [2.24, 2.45) is 5.92 Å². The first-order chi connectivity index (χ1) is 6.15. The molecule has 13 heavy (non-hydrogen) atoms. The second-order valence-corrected chi connectivity index (χ2v) is 4.98. The summed E-state index contributed by atoms with van der Waals surface area (Å²) in [6.07, 6.45) is 2.30. The van der Waals surface area contributed by atoms with Gasteiger partial charge in [-0.25, -0.2) is 0 Å². The lowest BCUT2D eigenvalue weighted by molar-refractivity contribution is 0.781. The van der Waals surface area contributed by atoms with Gasteiger partial charge in [-0.05, 0) is 35.9 Å². The maximum atomic E-state index is 3.52. The fourth-order valence-corrected chi connectivity index (χ4v) is 2.76. The predicted molar refractivity (Wildman–Crippen MR) is 65.7 cm³/mol. The van der Waals surface area contributed by atoms with Gasteiger partial charge in [0.2, 0.25) is 0 Å². The van der Waals surface area contributed by atoms with E-state index in [9.17, 15) is 0 Å². The zero-order valence-electron chi connectivity index (χ0n) is 8.30. The Morgan fingerprint density at radius 3 is 2.69 bits per heavy atom. The topological polar surface area (TPSA) is 0 Å². The Bertz CT molecular complexity index is 297. The summed E-state index contributed by atoms with van der Waals surface area (Å²) in [6.45, 7) is 6.63. The summed E-state index contributed by atoms with van der Waals surface area (Å²) < 4.78 is 0. The van der Waals surface area contributed by atoms with Gasteiger partial charge < -0.3 is 0 Å². The molecule has 0 fully saturated rings. The number of allylic oxidation sites excluding steroid dienone is 1. The number of halogens is 1. The van der Waals surface area contributed by atoms with Crippen LogP contribution in [0.15, 0.2) is 17.0 Å². The largest absolute Gasteiger partial charge is 0.144 e. The highest BCUT2D eigenvalue weighted by molar-refractivity contribution is 9.09. The molecule has 0 atom stereocenters. The van der Waals surface area contributed by atoms with Crippen molar-refractivity contribution < 1.29 is 0 Å². The number of hydrogen-bond acceptors (Lipinski definition) is 1. The fraction of sp³-hybridized carbons (Fsp3) is 0.455. The summed E-state index contributed by atoms with van der Waals surface area (Å²) in [7, 11) is 0. The third-order valence-electron chi connectivity index (χ3n) is 2.11. The minimum Gasteiger partial charge on any atom is -0.144 e. The molecule has 2 heteroatoms. The van der Waals surface area contributed by atoms with E-state index in [0.29, 0.717) is 5.92 Å². The van der Waals surface area contributed by atoms with Crippen molar-refractivity contribution in [1.29, 1.82) is 0 Å². The fourth-order valence-electron chi connectivity index (χ4n) is 1.06. The van der Waals surface area contributed by atoms with Crippen LogP contribution in [0.2, 0.25) is 0 Å². The number of hydrogen-bond donors (Lipinski definition) is 0. The first-order valence-electron chi connectivity index (χ1n) is 4.45. The zero-order valence-corrected chi connectivity index (χ0v) is 10.7. The molecule has 0 spiro atoms. The molecule has 1 rings (SSSR count). The minimum atomic E-state index is 0.626. The van der Waals surface area contributed by atoms with E-state index in [4.69, 9.17) is 0 Å². The van der Waals surface area contributed by atoms with Crippen LogP contribution in [0.5, 0.6) is 0 Å². The molecule has 0 radical (unpaired) electrons. The van der Waals surface area contributed by atoms with Gasteiger partial charge in [-0.3, -0.25) is 0 Å². The normalized spacial score (nSPS) is 12.5. The van der Waals surface area contributed by atoms with Crippen LogP contribution in [-0.4, -0.2) is 5.33 Å². The highest BCUT2D eigenvalue weighted by Gasteiger charge is 2.03. The third kappa shape index (κ3) is 2.96. The molecule has 1 aromatic heterocycles. The molecule has 0 N–H and O–H groups in total. The number of aryl methyl sites for hydroxylation is 1. The van der Waals surface area contributed by atoms with Crippen molar-refractivity contribution in [3.63, 3.8) is 0 Å². The van der Waals surface area contributed by atoms with Gasteiger partial charge in [-0.2, -0.15) is 0 Å². The predicted octanol–water partition coefficient (Wildman–Crippen LogP) is 4.49. The maximum absolute atomic E-state index is 3.52. The third-order valence-corrected chi connectivity index (χ3v) is 3.73. The molecule has 0 saturated heterocycles. The Labute approximate surface area is 92.8 Å². The van der Waals surface area contributed by atoms with Gasteiger partial charge in [0.1, 0.15) is 0 Å². The van der Waals surface area contributed by atoms with Crippen LogP contribution in [0.4, 0.5) is 0 Å². The van der Waals surface area contributed by atoms with Crippen molar-refractivity contribution in [3.05, 3.63) is 27.5 Å². The zero-order chi connectivity index (χ0) is 9.84. The van der Waals surface area contributed by atoms with Crippen molar-refractivity contribution in [3.8, 4) is 0 Å². The molecular formula is C11H15BrS. The summed E-state index contributed by atoms with van der Waals surface area (Å²) in [5.41, 5.74) is 2.84. The molecule has 0 nitrogen and oxygen atoms in total. The lowest BCUT2D eigenvalue weighted by Crippen LogP contribution is -1.94. The van der Waals surface area contributed by atoms with Crippen LogP contribution < -0.4 is 0 Å². The van der Waals surface area contributed by atoms with E-state index in [2.05, 4.69) is 54.2 Å². The lowest BCUT2D eigenvalue weighted by Gasteiger charge is -2.07. The molecule has 0 amide bonds. The van der Waals surface area contributed by atoms with Gasteiger partial charge in [-0.15, -0.1) is 11.3 Å². The Morgan fingerprint density at radius 1 is 1.62 bits per heavy atom. The summed E-state index contributed by atoms with van der Waals surface area (Å²) >= 11 is 5.34. The Morgan fingerprint density at radius 2 is 2.31 bits per heavy atom. The first-order valence-corrected chi connectivity index (χ1v) is 6.45. The highest BCUT2D eigenvalue weighted by Crippen LogP contribution is 2.22. The van der Waals surface area contributed by atoms with E-state index in [-0.39, 0.29) is 0 Å². The molecule has 0 aromatic carbocycles. The average molecular weight is 259 g/mol. The summed E-state index contributed by atoms with van der Waals surface area (Å²) in [6, 6.07) is 2.17. The Balaban J connectivity index is 2.91. The number of rotatable bonds is 3. The molecule has 0 aliphatic heterocycles. The maximum Gasteiger partial charge on any atom is 0.0299 e. The molecule has 1 aromatic rings. The van der Waals surface area contributed by atoms with Gasteiger partial charge >= 0.3 is 0 Å². The van der Waals surface area contributed by atoms with Crippen molar-refractivity contribution in [1.82, 2.24) is 0 Å². The van der Waals surface area contributed by atoms with E-state index in [1.165, 1.54) is 16.0 Å². The quantitative estimate of drug-likeness (QED) is 0.701. The van der Waals surface area contributed by atoms with Crippen LogP contribution in [0.3, 0.4) is 0 Å². The van der Waals surface area contributed by atoms with Crippen molar-refractivity contribution >= 4 is 33.3 Å². The summed E-state index contributed by atoms with van der Waals surface area (Å²) in [4.78, 5) is 1.39. The average Bonchev–Trinajstić information content (AvgIpc) is 2.46. The highest BCUT2D eigenvalue weighted by atomic mass is 79.9. The van der Waals surface area contributed by atoms with Crippen LogP contribution in [0, 0.1) is 12.8 Å². The SMILES string of the molecule is Cc1ccsc1C=C(CBr)C(C)C. The number of thiophene rings is 1. The molecular weight excluding hydrogens is 244 g/mol. The van der Waals surface area contributed by atoms with E-state index in [0.717, 1.165) is 5.33 Å². The van der Waals surface area contributed by atoms with E-state index >= 15 is 0 Å². The molecule has 0 aliphatic carbocycles. The van der Waals surface area contributed by atoms with Crippen molar-refractivity contribution in [2.45, 2.75) is 20.8 Å². The van der Waals surface area contributed by atoms with Crippen LogP contribution in [0.1, 0.15) is 24.3 Å². The molecule has 0 aliphatic rings. The van der Waals surface area contributed by atoms with Crippen LogP contribution >= 0.6 is 27.3 Å². The van der Waals surface area contributed by atoms with Gasteiger partial charge in [0.25, 0.3) is 0 Å². The first kappa shape index (κ1) is 11.0. The van der Waals surface area contributed by atoms with Gasteiger partial charge in [0.15, 0.2) is 0 Å². The minimum absolute atomic E-state index is 0.626. The van der Waals surface area contributed by atoms with Gasteiger partial charge in [0.05, 0.1) is 0 Å². The molecule has 72 valence electrons. The second kappa shape index (κ2) is 4.97. The number of alkyl halides is 1. The van der Waals surface area contributed by atoms with E-state index < -0.39 is 0 Å². The molecule has 0 saturated carbocycles. The van der Waals surface area contributed by atoms with Gasteiger partial charge in [-0.1, -0.05) is 35.4 Å². The lowest BCUT2D eigenvalue weighted by atomic mass is 10.0. The molecule has 1 heterocycles. The van der Waals surface area contributed by atoms with Crippen LogP contribution in [-0.2, 0) is 0 Å². The van der Waals surface area contributed by atoms with E-state index in [1.807, 2.05) is 11.3 Å². The molecule has 0 bridgehead atoms. The monoisotopic (exact) mass is 258 g/mol. The smallest absolute Gasteiger partial charge is 0.0299 e. The summed E-state index contributed by atoms with van der Waals surface area (Å²) in [5, 5.41) is 3.12. The van der Waals surface area contributed by atoms with E-state index in [1.54, 1.807) is 0 Å². The Kier molecular flexibility index (Phi) is 4.20. The standard InChI is InChI=1S/C11H15BrS/c1-8(2)10(7-12)6-11-9(3)4-5-13-11/h4-6,8H,7H2,1-3H3. The molecule has 0 unspecified atom stereocenters. The second-order valence-electron chi connectivity index (χ2n) is 3.48. The van der Waals surface area contributed by atoms with Crippen LogP contribution in [0.25, 0.3) is 6.08 Å².